The van der Waals surface area contributed by atoms with Crippen LogP contribution in [-0.4, -0.2) is 60.5 Å². The molecule has 5 nitrogen and oxygen atoms in total. The molecule has 0 saturated carbocycles. The lowest BCUT2D eigenvalue weighted by Crippen LogP contribution is -2.46. The van der Waals surface area contributed by atoms with Crippen LogP contribution in [-0.2, 0) is 4.79 Å². The van der Waals surface area contributed by atoms with Crippen molar-refractivity contribution in [2.24, 2.45) is 0 Å². The van der Waals surface area contributed by atoms with Crippen LogP contribution in [0.15, 0.2) is 42.5 Å². The van der Waals surface area contributed by atoms with E-state index in [0.29, 0.717) is 16.5 Å². The van der Waals surface area contributed by atoms with Gasteiger partial charge < -0.3 is 19.9 Å². The SMILES string of the molecule is Cc1ccc(NC(=O)COc2ccc(C(=S)N3CCN(C)CC3)cc2)cc1Cl. The number of amides is 1. The van der Waals surface area contributed by atoms with E-state index in [-0.39, 0.29) is 12.5 Å². The van der Waals surface area contributed by atoms with Crippen molar-refractivity contribution < 1.29 is 9.53 Å². The van der Waals surface area contributed by atoms with Gasteiger partial charge in [-0.2, -0.15) is 0 Å². The van der Waals surface area contributed by atoms with Crippen molar-refractivity contribution >= 4 is 40.4 Å². The highest BCUT2D eigenvalue weighted by molar-refractivity contribution is 7.80. The lowest BCUT2D eigenvalue weighted by molar-refractivity contribution is -0.118. The molecule has 3 rings (SSSR count). The Morgan fingerprint density at radius 2 is 1.82 bits per heavy atom. The molecule has 0 aliphatic carbocycles. The minimum absolute atomic E-state index is 0.0756. The first-order chi connectivity index (χ1) is 13.4. The third kappa shape index (κ3) is 5.44. The maximum atomic E-state index is 12.1. The molecule has 28 heavy (non-hydrogen) atoms. The minimum Gasteiger partial charge on any atom is -0.484 e. The second kappa shape index (κ2) is 9.37. The van der Waals surface area contributed by atoms with Crippen LogP contribution in [0.2, 0.25) is 5.02 Å². The molecule has 2 aromatic rings. The number of thiocarbonyl (C=S) groups is 1. The zero-order chi connectivity index (χ0) is 20.1. The summed E-state index contributed by atoms with van der Waals surface area (Å²) in [6.07, 6.45) is 0. The highest BCUT2D eigenvalue weighted by Crippen LogP contribution is 2.20. The molecule has 2 aromatic carbocycles. The van der Waals surface area contributed by atoms with Crippen molar-refractivity contribution in [2.45, 2.75) is 6.92 Å². The second-order valence-electron chi connectivity index (χ2n) is 6.92. The normalized spacial score (nSPS) is 14.6. The summed E-state index contributed by atoms with van der Waals surface area (Å²) in [4.78, 5) is 17.5. The zero-order valence-corrected chi connectivity index (χ0v) is 17.6. The number of nitrogens with one attached hydrogen (secondary N) is 1. The summed E-state index contributed by atoms with van der Waals surface area (Å²) in [5.41, 5.74) is 2.60. The molecular weight excluding hydrogens is 394 g/mol. The maximum Gasteiger partial charge on any atom is 0.262 e. The third-order valence-electron chi connectivity index (χ3n) is 4.72. The molecule has 1 aliphatic heterocycles. The van der Waals surface area contributed by atoms with E-state index in [9.17, 15) is 4.79 Å². The number of benzene rings is 2. The topological polar surface area (TPSA) is 44.8 Å². The van der Waals surface area contributed by atoms with Gasteiger partial charge in [0.15, 0.2) is 6.61 Å². The Morgan fingerprint density at radius 1 is 1.14 bits per heavy atom. The van der Waals surface area contributed by atoms with Crippen molar-refractivity contribution in [2.75, 3.05) is 45.2 Å². The molecule has 1 N–H and O–H groups in total. The van der Waals surface area contributed by atoms with Gasteiger partial charge in [-0.15, -0.1) is 0 Å². The smallest absolute Gasteiger partial charge is 0.262 e. The largest absolute Gasteiger partial charge is 0.484 e. The van der Waals surface area contributed by atoms with Gasteiger partial charge in [-0.1, -0.05) is 29.9 Å². The van der Waals surface area contributed by atoms with Crippen LogP contribution < -0.4 is 10.1 Å². The summed E-state index contributed by atoms with van der Waals surface area (Å²) < 4.78 is 5.58. The van der Waals surface area contributed by atoms with E-state index in [1.165, 1.54) is 0 Å². The first-order valence-electron chi connectivity index (χ1n) is 9.19. The van der Waals surface area contributed by atoms with Crippen LogP contribution >= 0.6 is 23.8 Å². The maximum absolute atomic E-state index is 12.1. The van der Waals surface area contributed by atoms with E-state index >= 15 is 0 Å². The van der Waals surface area contributed by atoms with Crippen molar-refractivity contribution in [1.29, 1.82) is 0 Å². The molecule has 0 bridgehead atoms. The number of carbonyl (C=O) groups is 1. The van der Waals surface area contributed by atoms with Gasteiger partial charge >= 0.3 is 0 Å². The van der Waals surface area contributed by atoms with E-state index in [0.717, 1.165) is 42.3 Å². The monoisotopic (exact) mass is 417 g/mol. The van der Waals surface area contributed by atoms with Crippen molar-refractivity contribution in [3.63, 3.8) is 0 Å². The Kier molecular flexibility index (Phi) is 6.88. The second-order valence-corrected chi connectivity index (χ2v) is 7.71. The fraction of sp³-hybridized carbons (Fsp3) is 0.333. The van der Waals surface area contributed by atoms with E-state index in [1.54, 1.807) is 6.07 Å². The van der Waals surface area contributed by atoms with Crippen LogP contribution in [0.3, 0.4) is 0 Å². The molecule has 1 fully saturated rings. The molecule has 7 heteroatoms. The molecule has 0 atom stereocenters. The van der Waals surface area contributed by atoms with Gasteiger partial charge in [-0.3, -0.25) is 4.79 Å². The molecule has 148 valence electrons. The van der Waals surface area contributed by atoms with Gasteiger partial charge in [0, 0.05) is 42.5 Å². The number of likely N-dealkylation sites (N-methyl/N-ethyl adjacent to an activating group) is 1. The average Bonchev–Trinajstić information content (AvgIpc) is 2.70. The fourth-order valence-electron chi connectivity index (χ4n) is 2.90. The van der Waals surface area contributed by atoms with Gasteiger partial charge in [-0.05, 0) is 55.9 Å². The van der Waals surface area contributed by atoms with Crippen LogP contribution in [0.5, 0.6) is 5.75 Å². The number of nitrogens with zero attached hydrogens (tertiary/aromatic N) is 2. The third-order valence-corrected chi connectivity index (χ3v) is 5.62. The van der Waals surface area contributed by atoms with Crippen LogP contribution in [0.4, 0.5) is 5.69 Å². The molecule has 0 radical (unpaired) electrons. The van der Waals surface area contributed by atoms with Crippen molar-refractivity contribution in [1.82, 2.24) is 9.80 Å². The van der Waals surface area contributed by atoms with E-state index in [1.807, 2.05) is 43.3 Å². The highest BCUT2D eigenvalue weighted by Gasteiger charge is 2.17. The fourth-order valence-corrected chi connectivity index (χ4v) is 3.40. The predicted octanol–water partition coefficient (Wildman–Crippen LogP) is 3.59. The van der Waals surface area contributed by atoms with Crippen LogP contribution in [0.1, 0.15) is 11.1 Å². The summed E-state index contributed by atoms with van der Waals surface area (Å²) in [5.74, 6) is 0.388. The Labute approximate surface area is 176 Å². The molecule has 0 aromatic heterocycles. The Morgan fingerprint density at radius 3 is 2.46 bits per heavy atom. The summed E-state index contributed by atoms with van der Waals surface area (Å²) in [6, 6.07) is 13.0. The molecule has 1 aliphatic rings. The van der Waals surface area contributed by atoms with Crippen LogP contribution in [0.25, 0.3) is 0 Å². The number of anilines is 1. The number of hydrogen-bond donors (Lipinski definition) is 1. The quantitative estimate of drug-likeness (QED) is 0.753. The minimum atomic E-state index is -0.239. The van der Waals surface area contributed by atoms with E-state index in [2.05, 4.69) is 22.2 Å². The van der Waals surface area contributed by atoms with Gasteiger partial charge in [0.2, 0.25) is 0 Å². The first kappa shape index (κ1) is 20.6. The number of ether oxygens (including phenoxy) is 1. The van der Waals surface area contributed by atoms with Crippen molar-refractivity contribution in [3.05, 3.63) is 58.6 Å². The Hall–Kier alpha value is -2.15. The van der Waals surface area contributed by atoms with E-state index < -0.39 is 0 Å². The first-order valence-corrected chi connectivity index (χ1v) is 9.97. The molecular formula is C21H24ClN3O2S. The lowest BCUT2D eigenvalue weighted by Gasteiger charge is -2.34. The van der Waals surface area contributed by atoms with Gasteiger partial charge in [0.25, 0.3) is 5.91 Å². The van der Waals surface area contributed by atoms with E-state index in [4.69, 9.17) is 28.6 Å². The number of rotatable bonds is 5. The lowest BCUT2D eigenvalue weighted by atomic mass is 10.2. The van der Waals surface area contributed by atoms with Gasteiger partial charge in [0.05, 0.1) is 0 Å². The summed E-state index contributed by atoms with van der Waals surface area (Å²) >= 11 is 11.7. The number of piperazine rings is 1. The zero-order valence-electron chi connectivity index (χ0n) is 16.1. The number of hydrogen-bond acceptors (Lipinski definition) is 4. The summed E-state index contributed by atoms with van der Waals surface area (Å²) in [5, 5.41) is 3.39. The molecule has 1 heterocycles. The number of halogens is 1. The molecule has 1 amide bonds. The predicted molar refractivity (Wildman–Crippen MR) is 118 cm³/mol. The number of aryl methyl sites for hydroxylation is 1. The van der Waals surface area contributed by atoms with Crippen LogP contribution in [0, 0.1) is 6.92 Å². The number of carbonyl (C=O) groups excluding carboxylic acids is 1. The molecule has 0 unspecified atom stereocenters. The van der Waals surface area contributed by atoms with Crippen molar-refractivity contribution in [3.8, 4) is 5.75 Å². The summed E-state index contributed by atoms with van der Waals surface area (Å²) in [7, 11) is 2.12. The summed E-state index contributed by atoms with van der Waals surface area (Å²) in [6.45, 7) is 5.75. The Bertz CT molecular complexity index is 849. The highest BCUT2D eigenvalue weighted by atomic mass is 35.5. The average molecular weight is 418 g/mol. The van der Waals surface area contributed by atoms with Gasteiger partial charge in [0.1, 0.15) is 10.7 Å². The standard InChI is InChI=1S/C21H24ClN3O2S/c1-15-3-6-17(13-19(15)22)23-20(26)14-27-18-7-4-16(5-8-18)21(28)25-11-9-24(2)10-12-25/h3-8,13H,9-12,14H2,1-2H3,(H,23,26). The van der Waals surface area contributed by atoms with Gasteiger partial charge in [-0.25, -0.2) is 0 Å². The Balaban J connectivity index is 1.50. The molecule has 0 spiro atoms. The molecule has 1 saturated heterocycles.